The van der Waals surface area contributed by atoms with E-state index >= 15 is 0 Å². The van der Waals surface area contributed by atoms with Gasteiger partial charge in [0.1, 0.15) is 0 Å². The Kier molecular flexibility index (Phi) is 7.83. The molecule has 32 heavy (non-hydrogen) atoms. The lowest BCUT2D eigenvalue weighted by atomic mass is 9.89. The quantitative estimate of drug-likeness (QED) is 0.511. The van der Waals surface area contributed by atoms with E-state index in [4.69, 9.17) is 0 Å². The molecule has 4 nitrogen and oxygen atoms in total. The van der Waals surface area contributed by atoms with E-state index in [1.807, 2.05) is 12.1 Å². The van der Waals surface area contributed by atoms with Crippen LogP contribution < -0.4 is 5.32 Å². The van der Waals surface area contributed by atoms with Gasteiger partial charge in [0.25, 0.3) is 0 Å². The number of amides is 1. The maximum absolute atomic E-state index is 12.1. The molecule has 0 spiro atoms. The average molecular weight is 426 g/mol. The molecule has 1 aromatic heterocycles. The minimum absolute atomic E-state index is 0.0421. The number of nitrogens with one attached hydrogen (secondary N) is 1. The number of hydrogen-bond acceptors (Lipinski definition) is 3. The molecule has 0 saturated carbocycles. The molecule has 0 radical (unpaired) electrons. The molecule has 4 rings (SSSR count). The van der Waals surface area contributed by atoms with Gasteiger partial charge in [-0.25, -0.2) is 0 Å². The summed E-state index contributed by atoms with van der Waals surface area (Å²) in [6.07, 6.45) is 10.2. The SMILES string of the molecule is O=C(/C=C\c1cccnc1)NCCC1CCN(C(c2ccccc2)c2ccccc2)CC1. The first-order valence-corrected chi connectivity index (χ1v) is 11.5. The number of nitrogens with zero attached hydrogens (tertiary/aromatic N) is 2. The molecule has 3 aromatic rings. The minimum atomic E-state index is -0.0421. The van der Waals surface area contributed by atoms with Gasteiger partial charge in [0.2, 0.25) is 5.91 Å². The molecule has 1 fully saturated rings. The largest absolute Gasteiger partial charge is 0.353 e. The number of aromatic nitrogens is 1. The first kappa shape index (κ1) is 22.0. The van der Waals surface area contributed by atoms with E-state index in [9.17, 15) is 4.79 Å². The summed E-state index contributed by atoms with van der Waals surface area (Å²) in [6.45, 7) is 2.88. The minimum Gasteiger partial charge on any atom is -0.353 e. The van der Waals surface area contributed by atoms with Gasteiger partial charge in [0.15, 0.2) is 0 Å². The van der Waals surface area contributed by atoms with Crippen molar-refractivity contribution in [3.05, 3.63) is 108 Å². The Morgan fingerprint density at radius 3 is 2.22 bits per heavy atom. The Morgan fingerprint density at radius 1 is 0.969 bits per heavy atom. The highest BCUT2D eigenvalue weighted by Gasteiger charge is 2.27. The van der Waals surface area contributed by atoms with Crippen molar-refractivity contribution in [2.75, 3.05) is 19.6 Å². The Bertz CT molecular complexity index is 941. The number of rotatable bonds is 8. The highest BCUT2D eigenvalue weighted by molar-refractivity contribution is 5.91. The number of likely N-dealkylation sites (tertiary alicyclic amines) is 1. The Labute approximate surface area is 191 Å². The second-order valence-electron chi connectivity index (χ2n) is 8.40. The zero-order valence-corrected chi connectivity index (χ0v) is 18.4. The van der Waals surface area contributed by atoms with Crippen molar-refractivity contribution in [2.24, 2.45) is 5.92 Å². The van der Waals surface area contributed by atoms with Crippen LogP contribution in [0.15, 0.2) is 91.3 Å². The topological polar surface area (TPSA) is 45.2 Å². The van der Waals surface area contributed by atoms with Gasteiger partial charge in [-0.15, -0.1) is 0 Å². The fraction of sp³-hybridized carbons (Fsp3) is 0.286. The maximum Gasteiger partial charge on any atom is 0.244 e. The van der Waals surface area contributed by atoms with Crippen LogP contribution in [0.1, 0.15) is 42.0 Å². The molecule has 1 amide bonds. The van der Waals surface area contributed by atoms with Gasteiger partial charge in [-0.05, 0) is 67.1 Å². The summed E-state index contributed by atoms with van der Waals surface area (Å²) in [6, 6.07) is 25.7. The third-order valence-electron chi connectivity index (χ3n) is 6.21. The van der Waals surface area contributed by atoms with Crippen molar-refractivity contribution >= 4 is 12.0 Å². The molecule has 2 aromatic carbocycles. The molecule has 4 heteroatoms. The van der Waals surface area contributed by atoms with Gasteiger partial charge < -0.3 is 5.32 Å². The third kappa shape index (κ3) is 6.14. The van der Waals surface area contributed by atoms with Gasteiger partial charge >= 0.3 is 0 Å². The van der Waals surface area contributed by atoms with Crippen LogP contribution in [0.2, 0.25) is 0 Å². The highest BCUT2D eigenvalue weighted by atomic mass is 16.1. The number of carbonyl (C=O) groups is 1. The summed E-state index contributed by atoms with van der Waals surface area (Å²) in [5, 5.41) is 3.03. The van der Waals surface area contributed by atoms with Crippen LogP contribution >= 0.6 is 0 Å². The lowest BCUT2D eigenvalue weighted by molar-refractivity contribution is -0.116. The lowest BCUT2D eigenvalue weighted by Crippen LogP contribution is -2.38. The van der Waals surface area contributed by atoms with Gasteiger partial charge in [0, 0.05) is 25.0 Å². The predicted molar refractivity (Wildman–Crippen MR) is 130 cm³/mol. The zero-order chi connectivity index (χ0) is 22.0. The summed E-state index contributed by atoms with van der Waals surface area (Å²) in [5.41, 5.74) is 3.64. The summed E-state index contributed by atoms with van der Waals surface area (Å²) in [4.78, 5) is 18.8. The molecule has 0 aliphatic carbocycles. The van der Waals surface area contributed by atoms with Crippen LogP contribution in [0.3, 0.4) is 0 Å². The van der Waals surface area contributed by atoms with Crippen LogP contribution in [-0.2, 0) is 4.79 Å². The van der Waals surface area contributed by atoms with E-state index in [-0.39, 0.29) is 5.91 Å². The van der Waals surface area contributed by atoms with Crippen molar-refractivity contribution < 1.29 is 4.79 Å². The highest BCUT2D eigenvalue weighted by Crippen LogP contribution is 2.32. The molecule has 164 valence electrons. The van der Waals surface area contributed by atoms with E-state index in [0.717, 1.165) is 44.5 Å². The Balaban J connectivity index is 1.27. The zero-order valence-electron chi connectivity index (χ0n) is 18.4. The van der Waals surface area contributed by atoms with Gasteiger partial charge in [-0.2, -0.15) is 0 Å². The van der Waals surface area contributed by atoms with E-state index in [1.54, 1.807) is 24.5 Å². The van der Waals surface area contributed by atoms with Crippen LogP contribution in [-0.4, -0.2) is 35.4 Å². The van der Waals surface area contributed by atoms with E-state index in [1.165, 1.54) is 11.1 Å². The molecule has 0 unspecified atom stereocenters. The molecule has 1 saturated heterocycles. The summed E-state index contributed by atoms with van der Waals surface area (Å²) < 4.78 is 0. The van der Waals surface area contributed by atoms with E-state index < -0.39 is 0 Å². The standard InChI is InChI=1S/C28H31N3O/c32-27(14-13-24-8-7-18-29-22-24)30-19-15-23-16-20-31(21-17-23)28(25-9-3-1-4-10-25)26-11-5-2-6-12-26/h1-14,18,22-23,28H,15-17,19-21H2,(H,30,32)/b14-13-. The van der Waals surface area contributed by atoms with Gasteiger partial charge in [0.05, 0.1) is 6.04 Å². The number of carbonyl (C=O) groups excluding carboxylic acids is 1. The molecule has 0 atom stereocenters. The number of benzene rings is 2. The first-order valence-electron chi connectivity index (χ1n) is 11.5. The van der Waals surface area contributed by atoms with Gasteiger partial charge in [-0.1, -0.05) is 66.7 Å². The maximum atomic E-state index is 12.1. The number of pyridine rings is 1. The molecule has 0 bridgehead atoms. The van der Waals surface area contributed by atoms with Crippen LogP contribution in [0.4, 0.5) is 0 Å². The number of hydrogen-bond donors (Lipinski definition) is 1. The van der Waals surface area contributed by atoms with Crippen molar-refractivity contribution in [1.82, 2.24) is 15.2 Å². The van der Waals surface area contributed by atoms with Crippen molar-refractivity contribution in [3.8, 4) is 0 Å². The fourth-order valence-corrected chi connectivity index (χ4v) is 4.49. The van der Waals surface area contributed by atoms with Crippen molar-refractivity contribution in [3.63, 3.8) is 0 Å². The summed E-state index contributed by atoms with van der Waals surface area (Å²) in [5.74, 6) is 0.612. The monoisotopic (exact) mass is 425 g/mol. The average Bonchev–Trinajstić information content (AvgIpc) is 2.86. The van der Waals surface area contributed by atoms with Crippen LogP contribution in [0, 0.1) is 5.92 Å². The smallest absolute Gasteiger partial charge is 0.244 e. The fourth-order valence-electron chi connectivity index (χ4n) is 4.49. The van der Waals surface area contributed by atoms with E-state index in [2.05, 4.69) is 75.9 Å². The summed E-state index contributed by atoms with van der Waals surface area (Å²) in [7, 11) is 0. The second kappa shape index (κ2) is 11.4. The molecule has 1 aliphatic heterocycles. The molecule has 1 N–H and O–H groups in total. The summed E-state index contributed by atoms with van der Waals surface area (Å²) >= 11 is 0. The van der Waals surface area contributed by atoms with Crippen LogP contribution in [0.25, 0.3) is 6.08 Å². The Morgan fingerprint density at radius 2 is 1.62 bits per heavy atom. The van der Waals surface area contributed by atoms with E-state index in [0.29, 0.717) is 12.0 Å². The third-order valence-corrected chi connectivity index (χ3v) is 6.21. The Hall–Kier alpha value is -3.24. The normalized spacial score (nSPS) is 15.3. The van der Waals surface area contributed by atoms with Gasteiger partial charge in [-0.3, -0.25) is 14.7 Å². The van der Waals surface area contributed by atoms with Crippen LogP contribution in [0.5, 0.6) is 0 Å². The lowest BCUT2D eigenvalue weighted by Gasteiger charge is -2.38. The molecular weight excluding hydrogens is 394 g/mol. The second-order valence-corrected chi connectivity index (χ2v) is 8.40. The number of piperidine rings is 1. The first-order chi connectivity index (χ1) is 15.8. The molecule has 2 heterocycles. The predicted octanol–water partition coefficient (Wildman–Crippen LogP) is 5.10. The van der Waals surface area contributed by atoms with Crippen molar-refractivity contribution in [2.45, 2.75) is 25.3 Å². The molecule has 1 aliphatic rings. The van der Waals surface area contributed by atoms with Crippen molar-refractivity contribution in [1.29, 1.82) is 0 Å². The molecular formula is C28H31N3O.